The number of hydrogen-bond donors (Lipinski definition) is 0. The van der Waals surface area contributed by atoms with Crippen LogP contribution >= 0.6 is 15.9 Å². The maximum absolute atomic E-state index is 7.88. The molecule has 0 saturated heterocycles. The van der Waals surface area contributed by atoms with Crippen molar-refractivity contribution in [1.82, 2.24) is 0 Å². The van der Waals surface area contributed by atoms with Crippen molar-refractivity contribution in [2.24, 2.45) is 0 Å². The fraction of sp³-hybridized carbons (Fsp3) is 0.500. The molecule has 1 atom stereocenters. The van der Waals surface area contributed by atoms with Crippen molar-refractivity contribution in [1.29, 1.82) is 0 Å². The first-order valence-corrected chi connectivity index (χ1v) is 8.59. The zero-order valence-corrected chi connectivity index (χ0v) is 12.2. The van der Waals surface area contributed by atoms with Crippen LogP contribution in [0.4, 0.5) is 0 Å². The minimum absolute atomic E-state index is 0.0704. The molecular weight excluding hydrogens is 268 g/mol. The van der Waals surface area contributed by atoms with E-state index in [0.717, 1.165) is 0 Å². The first-order valence-electron chi connectivity index (χ1n) is 6.86. The van der Waals surface area contributed by atoms with E-state index in [2.05, 4.69) is 36.7 Å². The highest BCUT2D eigenvalue weighted by Gasteiger charge is 2.42. The molecule has 3 heteroatoms. The first-order chi connectivity index (χ1) is 8.53. The van der Waals surface area contributed by atoms with Gasteiger partial charge < -0.3 is 4.43 Å². The van der Waals surface area contributed by atoms with Crippen LogP contribution < -0.4 is 4.43 Å². The predicted octanol–water partition coefficient (Wildman–Crippen LogP) is 4.37. The fourth-order valence-electron chi connectivity index (χ4n) is 0.928. The molecule has 84 valence electrons. The summed E-state index contributed by atoms with van der Waals surface area (Å²) in [6, 6.07) is 0.850. The Labute approximate surface area is 108 Å². The Morgan fingerprint density at radius 2 is 1.93 bits per heavy atom. The number of alkyl halides is 1. The summed E-state index contributed by atoms with van der Waals surface area (Å²) in [6.45, 7) is 8.24. The highest BCUT2D eigenvalue weighted by atomic mass is 79.9. The summed E-state index contributed by atoms with van der Waals surface area (Å²) < 4.78 is 37.1. The second-order valence-electron chi connectivity index (χ2n) is 4.73. The average Bonchev–Trinajstić information content (AvgIpc) is 2.30. The highest BCUT2D eigenvalue weighted by Crippen LogP contribution is 2.38. The van der Waals surface area contributed by atoms with Gasteiger partial charge in [0.05, 0.1) is 5.48 Å². The molecule has 0 heterocycles. The minimum Gasteiger partial charge on any atom is -0.542 e. The standard InChI is InChI=1S/C12H19BrOSi/c1-12(2,3)15(4,10-13)14-11-8-6-5-7-9-11/h5-9H,10H2,1-4H3/i6D,7D,8D,9D. The van der Waals surface area contributed by atoms with Crippen LogP contribution in [-0.4, -0.2) is 13.3 Å². The van der Waals surface area contributed by atoms with Gasteiger partial charge in [-0.15, -0.1) is 0 Å². The van der Waals surface area contributed by atoms with E-state index in [0.29, 0.717) is 4.95 Å². The first kappa shape index (κ1) is 7.90. The molecule has 0 aliphatic rings. The van der Waals surface area contributed by atoms with E-state index in [1.807, 2.05) is 6.55 Å². The zero-order chi connectivity index (χ0) is 15.0. The predicted molar refractivity (Wildman–Crippen MR) is 72.2 cm³/mol. The second kappa shape index (κ2) is 4.70. The van der Waals surface area contributed by atoms with Crippen LogP contribution in [0.3, 0.4) is 0 Å². The molecule has 1 aromatic carbocycles. The van der Waals surface area contributed by atoms with Gasteiger partial charge in [-0.1, -0.05) is 54.9 Å². The van der Waals surface area contributed by atoms with Gasteiger partial charge in [-0.25, -0.2) is 0 Å². The van der Waals surface area contributed by atoms with Crippen LogP contribution in [0.25, 0.3) is 0 Å². The normalized spacial score (nSPS) is 19.5. The molecule has 1 aromatic rings. The van der Waals surface area contributed by atoms with Gasteiger partial charge in [-0.05, 0) is 23.7 Å². The van der Waals surface area contributed by atoms with Crippen LogP contribution in [0.5, 0.6) is 5.75 Å². The smallest absolute Gasteiger partial charge is 0.263 e. The van der Waals surface area contributed by atoms with Gasteiger partial charge in [0.15, 0.2) is 0 Å². The third-order valence-corrected chi connectivity index (χ3v) is 10.2. The van der Waals surface area contributed by atoms with E-state index in [4.69, 9.17) is 9.91 Å². The van der Waals surface area contributed by atoms with Gasteiger partial charge in [0.25, 0.3) is 8.32 Å². The Morgan fingerprint density at radius 1 is 1.40 bits per heavy atom. The van der Waals surface area contributed by atoms with E-state index >= 15 is 0 Å². The lowest BCUT2D eigenvalue weighted by atomic mass is 10.2. The fourth-order valence-corrected chi connectivity index (χ4v) is 5.11. The van der Waals surface area contributed by atoms with E-state index in [-0.39, 0.29) is 35.0 Å². The summed E-state index contributed by atoms with van der Waals surface area (Å²) in [5.74, 6) is 0.0704. The summed E-state index contributed by atoms with van der Waals surface area (Å²) in [4.78, 5) is 0.665. The quantitative estimate of drug-likeness (QED) is 0.593. The van der Waals surface area contributed by atoms with E-state index in [1.54, 1.807) is 0 Å². The van der Waals surface area contributed by atoms with E-state index in [1.165, 1.54) is 6.07 Å². The number of rotatable bonds is 3. The Morgan fingerprint density at radius 3 is 2.33 bits per heavy atom. The van der Waals surface area contributed by atoms with Crippen molar-refractivity contribution in [3.8, 4) is 5.75 Å². The van der Waals surface area contributed by atoms with Gasteiger partial charge in [0.1, 0.15) is 5.75 Å². The number of para-hydroxylation sites is 1. The van der Waals surface area contributed by atoms with Crippen molar-refractivity contribution in [3.05, 3.63) is 30.2 Å². The monoisotopic (exact) mass is 290 g/mol. The van der Waals surface area contributed by atoms with Crippen molar-refractivity contribution in [2.45, 2.75) is 32.4 Å². The summed E-state index contributed by atoms with van der Waals surface area (Å²) >= 11 is 3.47. The summed E-state index contributed by atoms with van der Waals surface area (Å²) in [6.07, 6.45) is 0. The van der Waals surface area contributed by atoms with E-state index < -0.39 is 8.32 Å². The molecule has 1 unspecified atom stereocenters. The van der Waals surface area contributed by atoms with Crippen molar-refractivity contribution in [2.75, 3.05) is 4.95 Å². The number of benzene rings is 1. The molecule has 0 bridgehead atoms. The third kappa shape index (κ3) is 3.08. The molecule has 0 aromatic heterocycles. The molecule has 1 nitrogen and oxygen atoms in total. The maximum atomic E-state index is 7.88. The van der Waals surface area contributed by atoms with Crippen molar-refractivity contribution >= 4 is 24.2 Å². The molecular formula is C12H19BrOSi. The maximum Gasteiger partial charge on any atom is 0.263 e. The zero-order valence-electron chi connectivity index (χ0n) is 13.6. The van der Waals surface area contributed by atoms with Crippen LogP contribution in [0.2, 0.25) is 11.6 Å². The molecule has 0 aliphatic heterocycles. The largest absolute Gasteiger partial charge is 0.542 e. The summed E-state index contributed by atoms with van der Waals surface area (Å²) in [7, 11) is -2.26. The lowest BCUT2D eigenvalue weighted by Crippen LogP contribution is -2.49. The Balaban J connectivity index is 3.33. The third-order valence-electron chi connectivity index (χ3n) is 2.68. The molecule has 0 radical (unpaired) electrons. The molecule has 1 rings (SSSR count). The van der Waals surface area contributed by atoms with Crippen LogP contribution in [0, 0.1) is 0 Å². The van der Waals surface area contributed by atoms with E-state index in [9.17, 15) is 0 Å². The second-order valence-corrected chi connectivity index (χ2v) is 10.8. The summed E-state index contributed by atoms with van der Waals surface area (Å²) in [5.41, 5.74) is 0. The number of hydrogen-bond acceptors (Lipinski definition) is 1. The van der Waals surface area contributed by atoms with Crippen LogP contribution in [0.1, 0.15) is 26.3 Å². The Hall–Kier alpha value is -0.283. The van der Waals surface area contributed by atoms with Crippen molar-refractivity contribution in [3.63, 3.8) is 0 Å². The van der Waals surface area contributed by atoms with Gasteiger partial charge in [0, 0.05) is 4.95 Å². The van der Waals surface area contributed by atoms with Gasteiger partial charge in [-0.3, -0.25) is 0 Å². The lowest BCUT2D eigenvalue weighted by molar-refractivity contribution is 0.491. The Kier molecular flexibility index (Phi) is 2.48. The van der Waals surface area contributed by atoms with Gasteiger partial charge in [-0.2, -0.15) is 0 Å². The highest BCUT2D eigenvalue weighted by molar-refractivity contribution is 9.09. The molecule has 0 saturated carbocycles. The SMILES string of the molecule is [2H]c1cc([2H])c([2H])c(O[Si](C)(CBr)C(C)(C)C)c1[2H]. The lowest BCUT2D eigenvalue weighted by Gasteiger charge is -2.38. The Bertz CT molecular complexity index is 463. The molecule has 0 spiro atoms. The molecule has 0 amide bonds. The summed E-state index contributed by atoms with van der Waals surface area (Å²) in [5, 5.41) is -0.0877. The minimum atomic E-state index is -2.26. The van der Waals surface area contributed by atoms with Crippen LogP contribution in [-0.2, 0) is 0 Å². The number of halogens is 1. The van der Waals surface area contributed by atoms with Crippen LogP contribution in [0.15, 0.2) is 30.2 Å². The molecule has 15 heavy (non-hydrogen) atoms. The molecule has 0 aliphatic carbocycles. The average molecular weight is 291 g/mol. The molecule has 0 N–H and O–H groups in total. The van der Waals surface area contributed by atoms with Crippen molar-refractivity contribution < 1.29 is 9.91 Å². The van der Waals surface area contributed by atoms with Gasteiger partial charge >= 0.3 is 0 Å². The molecule has 0 fully saturated rings. The topological polar surface area (TPSA) is 9.23 Å². The van der Waals surface area contributed by atoms with Gasteiger partial charge in [0.2, 0.25) is 0 Å².